The Morgan fingerprint density at radius 2 is 1.97 bits per heavy atom. The highest BCUT2D eigenvalue weighted by Gasteiger charge is 2.49. The second kappa shape index (κ2) is 10.4. The minimum atomic E-state index is -2.88. The Hall–Kier alpha value is -3.46. The van der Waals surface area contributed by atoms with Gasteiger partial charge in [0.25, 0.3) is 5.60 Å². The Kier molecular flexibility index (Phi) is 7.80. The number of aliphatic hydroxyl groups excluding tert-OH is 1. The molecule has 0 spiro atoms. The molecule has 0 aliphatic rings. The third-order valence-electron chi connectivity index (χ3n) is 5.18. The highest BCUT2D eigenvalue weighted by molar-refractivity contribution is 6.28. The lowest BCUT2D eigenvalue weighted by Gasteiger charge is -2.30. The van der Waals surface area contributed by atoms with Crippen LogP contribution in [-0.2, 0) is 25.5 Å². The third-order valence-corrected chi connectivity index (χ3v) is 5.35. The molecule has 0 aliphatic heterocycles. The number of aliphatic carboxylic acids is 2. The van der Waals surface area contributed by atoms with Crippen molar-refractivity contribution in [3.63, 3.8) is 0 Å². The normalized spacial score (nSPS) is 14.5. The fourth-order valence-corrected chi connectivity index (χ4v) is 3.49. The quantitative estimate of drug-likeness (QED) is 0.212. The molecule has 1 aromatic carbocycles. The van der Waals surface area contributed by atoms with E-state index in [-0.39, 0.29) is 27.8 Å². The van der Waals surface area contributed by atoms with Crippen molar-refractivity contribution in [2.24, 2.45) is 0 Å². The lowest BCUT2D eigenvalue weighted by Crippen LogP contribution is -2.53. The SMILES string of the molecule is CO[C@H](COC(Cc1cccc(F)c1)(C(=O)O)C(=O)O)[C@@H](O)[C@H](F)n1cnc2c(N)nc(Cl)nc21. The molecular weight excluding hydrogens is 496 g/mol. The van der Waals surface area contributed by atoms with Crippen LogP contribution in [0, 0.1) is 5.82 Å². The lowest BCUT2D eigenvalue weighted by molar-refractivity contribution is -0.192. The fourth-order valence-electron chi connectivity index (χ4n) is 3.31. The number of alkyl halides is 1. The molecule has 0 saturated heterocycles. The molecule has 2 aromatic heterocycles. The minimum Gasteiger partial charge on any atom is -0.479 e. The number of carboxylic acids is 2. The highest BCUT2D eigenvalue weighted by Crippen LogP contribution is 2.27. The average molecular weight is 516 g/mol. The van der Waals surface area contributed by atoms with E-state index < -0.39 is 54.9 Å². The van der Waals surface area contributed by atoms with Gasteiger partial charge in [0, 0.05) is 13.5 Å². The summed E-state index contributed by atoms with van der Waals surface area (Å²) in [6.07, 6.45) is -5.62. The van der Waals surface area contributed by atoms with E-state index in [4.69, 9.17) is 26.8 Å². The van der Waals surface area contributed by atoms with E-state index in [0.29, 0.717) is 0 Å². The van der Waals surface area contributed by atoms with Gasteiger partial charge >= 0.3 is 11.9 Å². The Morgan fingerprint density at radius 1 is 1.29 bits per heavy atom. The van der Waals surface area contributed by atoms with E-state index in [1.54, 1.807) is 0 Å². The zero-order valence-corrected chi connectivity index (χ0v) is 18.8. The fraction of sp³-hybridized carbons (Fsp3) is 0.350. The summed E-state index contributed by atoms with van der Waals surface area (Å²) in [5.41, 5.74) is 2.70. The molecule has 188 valence electrons. The van der Waals surface area contributed by atoms with Crippen molar-refractivity contribution < 1.29 is 43.2 Å². The molecule has 0 amide bonds. The Morgan fingerprint density at radius 3 is 2.57 bits per heavy atom. The maximum atomic E-state index is 15.2. The molecule has 15 heteroatoms. The van der Waals surface area contributed by atoms with Gasteiger partial charge in [-0.05, 0) is 29.3 Å². The number of imidazole rings is 1. The zero-order valence-electron chi connectivity index (χ0n) is 18.0. The molecule has 0 radical (unpaired) electrons. The summed E-state index contributed by atoms with van der Waals surface area (Å²) in [7, 11) is 1.07. The summed E-state index contributed by atoms with van der Waals surface area (Å²) in [5, 5.41) is 29.6. The smallest absolute Gasteiger partial charge is 0.348 e. The first-order valence-electron chi connectivity index (χ1n) is 9.85. The topological polar surface area (TPSA) is 183 Å². The van der Waals surface area contributed by atoms with E-state index >= 15 is 4.39 Å². The molecule has 3 atom stereocenters. The first kappa shape index (κ1) is 26.2. The summed E-state index contributed by atoms with van der Waals surface area (Å²) in [6.45, 7) is -0.865. The molecule has 0 bridgehead atoms. The molecule has 0 unspecified atom stereocenters. The van der Waals surface area contributed by atoms with Crippen LogP contribution in [-0.4, -0.2) is 78.3 Å². The van der Waals surface area contributed by atoms with Gasteiger partial charge in [0.2, 0.25) is 11.6 Å². The number of nitrogens with two attached hydrogens (primary N) is 1. The first-order valence-corrected chi connectivity index (χ1v) is 10.2. The summed E-state index contributed by atoms with van der Waals surface area (Å²) in [4.78, 5) is 35.3. The number of hydrogen-bond donors (Lipinski definition) is 4. The molecule has 0 fully saturated rings. The molecule has 0 saturated carbocycles. The van der Waals surface area contributed by atoms with Gasteiger partial charge in [-0.15, -0.1) is 0 Å². The molecule has 0 aliphatic carbocycles. The molecule has 12 nitrogen and oxygen atoms in total. The van der Waals surface area contributed by atoms with Gasteiger partial charge in [0.1, 0.15) is 23.5 Å². The number of halogens is 3. The van der Waals surface area contributed by atoms with Gasteiger partial charge in [0.05, 0.1) is 12.9 Å². The molecule has 3 aromatic rings. The van der Waals surface area contributed by atoms with E-state index in [1.165, 1.54) is 12.1 Å². The second-order valence-corrected chi connectivity index (χ2v) is 7.73. The van der Waals surface area contributed by atoms with Gasteiger partial charge in [-0.25, -0.2) is 23.4 Å². The van der Waals surface area contributed by atoms with Gasteiger partial charge in [0.15, 0.2) is 11.5 Å². The van der Waals surface area contributed by atoms with Crippen LogP contribution in [0.15, 0.2) is 30.6 Å². The number of rotatable bonds is 11. The predicted molar refractivity (Wildman–Crippen MR) is 116 cm³/mol. The van der Waals surface area contributed by atoms with Crippen molar-refractivity contribution in [2.45, 2.75) is 30.5 Å². The maximum absolute atomic E-state index is 15.2. The van der Waals surface area contributed by atoms with Crippen molar-refractivity contribution in [1.82, 2.24) is 19.5 Å². The van der Waals surface area contributed by atoms with Gasteiger partial charge in [-0.3, -0.25) is 4.57 Å². The minimum absolute atomic E-state index is 0.0142. The van der Waals surface area contributed by atoms with Crippen LogP contribution in [0.3, 0.4) is 0 Å². The second-order valence-electron chi connectivity index (χ2n) is 7.39. The van der Waals surface area contributed by atoms with Crippen LogP contribution in [0.2, 0.25) is 5.28 Å². The molecular formula is C20H20ClF2N5O7. The number of carboxylic acid groups (broad SMARTS) is 2. The number of ether oxygens (including phenoxy) is 2. The number of benzene rings is 1. The Bertz CT molecular complexity index is 1230. The summed E-state index contributed by atoms with van der Waals surface area (Å²) < 4.78 is 39.8. The maximum Gasteiger partial charge on any atom is 0.348 e. The highest BCUT2D eigenvalue weighted by atomic mass is 35.5. The van der Waals surface area contributed by atoms with Gasteiger partial charge in [-0.2, -0.15) is 9.97 Å². The first-order chi connectivity index (χ1) is 16.5. The largest absolute Gasteiger partial charge is 0.479 e. The van der Waals surface area contributed by atoms with E-state index in [0.717, 1.165) is 30.1 Å². The van der Waals surface area contributed by atoms with Crippen molar-refractivity contribution in [3.8, 4) is 0 Å². The molecule has 35 heavy (non-hydrogen) atoms. The number of aliphatic hydroxyl groups is 1. The zero-order chi connectivity index (χ0) is 25.9. The van der Waals surface area contributed by atoms with Crippen LogP contribution in [0.5, 0.6) is 0 Å². The van der Waals surface area contributed by atoms with Crippen LogP contribution >= 0.6 is 11.6 Å². The standard InChI is InChI=1S/C20H20ClF2N5O7/c1-34-11(13(29)14(23)28-8-25-12-15(24)26-19(21)27-16(12)28)7-35-20(17(30)31,18(32)33)6-9-3-2-4-10(22)5-9/h2-5,8,11,13-14,29H,6-7H2,1H3,(H,30,31)(H,32,33)(H2,24,26,27)/t11-,13-,14-/m1/s1. The molecule has 5 N–H and O–H groups in total. The monoisotopic (exact) mass is 515 g/mol. The van der Waals surface area contributed by atoms with Gasteiger partial charge in [-0.1, -0.05) is 12.1 Å². The number of hydrogen-bond acceptors (Lipinski definition) is 9. The third kappa shape index (κ3) is 5.30. The van der Waals surface area contributed by atoms with Crippen molar-refractivity contribution in [1.29, 1.82) is 0 Å². The van der Waals surface area contributed by atoms with Crippen LogP contribution in [0.4, 0.5) is 14.6 Å². The van der Waals surface area contributed by atoms with E-state index in [2.05, 4.69) is 15.0 Å². The lowest BCUT2D eigenvalue weighted by atomic mass is 9.94. The van der Waals surface area contributed by atoms with Crippen LogP contribution in [0.1, 0.15) is 11.9 Å². The predicted octanol–water partition coefficient (Wildman–Crippen LogP) is 1.21. The van der Waals surface area contributed by atoms with Gasteiger partial charge < -0.3 is 30.5 Å². The number of nitrogen functional groups attached to an aromatic ring is 1. The van der Waals surface area contributed by atoms with Crippen LogP contribution < -0.4 is 5.73 Å². The number of nitrogens with zero attached hydrogens (tertiary/aromatic N) is 4. The number of aromatic nitrogens is 4. The number of fused-ring (bicyclic) bond motifs is 1. The molecule has 3 rings (SSSR count). The summed E-state index contributed by atoms with van der Waals surface area (Å²) in [6, 6.07) is 4.63. The number of carbonyl (C=O) groups is 2. The molecule has 2 heterocycles. The Balaban J connectivity index is 1.85. The van der Waals surface area contributed by atoms with Crippen molar-refractivity contribution in [3.05, 3.63) is 47.3 Å². The summed E-state index contributed by atoms with van der Waals surface area (Å²) in [5.74, 6) is -4.62. The average Bonchev–Trinajstić information content (AvgIpc) is 3.21. The Labute approximate surface area is 200 Å². The summed E-state index contributed by atoms with van der Waals surface area (Å²) >= 11 is 5.75. The van der Waals surface area contributed by atoms with E-state index in [1.807, 2.05) is 0 Å². The van der Waals surface area contributed by atoms with Crippen molar-refractivity contribution in [2.75, 3.05) is 19.5 Å². The number of methoxy groups -OCH3 is 1. The van der Waals surface area contributed by atoms with E-state index in [9.17, 15) is 29.3 Å². The van der Waals surface area contributed by atoms with Crippen molar-refractivity contribution >= 4 is 40.5 Å². The number of anilines is 1. The van der Waals surface area contributed by atoms with Crippen LogP contribution in [0.25, 0.3) is 11.2 Å².